The maximum atomic E-state index is 8.29. The zero-order valence-electron chi connectivity index (χ0n) is 36.1. The van der Waals surface area contributed by atoms with Crippen LogP contribution in [0, 0.1) is 32.7 Å². The van der Waals surface area contributed by atoms with Gasteiger partial charge in [-0.05, 0) is 65.7 Å². The minimum Gasteiger partial charge on any atom is -0.499 e. The summed E-state index contributed by atoms with van der Waals surface area (Å²) in [4.78, 5) is 13.4. The van der Waals surface area contributed by atoms with E-state index >= 15 is 0 Å². The molecule has 4 nitrogen and oxygen atoms in total. The molecule has 239 valence electrons. The van der Waals surface area contributed by atoms with E-state index in [0.717, 1.165) is 56.0 Å². The Bertz CT molecular complexity index is 2750. The van der Waals surface area contributed by atoms with Crippen LogP contribution in [0.15, 0.2) is 120 Å². The van der Waals surface area contributed by atoms with Crippen molar-refractivity contribution in [2.45, 2.75) is 40.3 Å². The summed E-state index contributed by atoms with van der Waals surface area (Å²) in [6.45, 7) is -3.91. The van der Waals surface area contributed by atoms with Crippen LogP contribution in [0.25, 0.3) is 66.6 Å². The first-order valence-corrected chi connectivity index (χ1v) is 15.0. The van der Waals surface area contributed by atoms with Gasteiger partial charge in [-0.2, -0.15) is 0 Å². The zero-order valence-corrected chi connectivity index (χ0v) is 28.4. The van der Waals surface area contributed by atoms with E-state index < -0.39 is 26.4 Å². The van der Waals surface area contributed by atoms with Crippen LogP contribution in [0.1, 0.15) is 55.7 Å². The van der Waals surface area contributed by atoms with Gasteiger partial charge in [-0.15, -0.1) is 47.5 Å². The number of para-hydroxylation sites is 1. The van der Waals surface area contributed by atoms with Gasteiger partial charge in [0, 0.05) is 51.6 Å². The van der Waals surface area contributed by atoms with Crippen LogP contribution in [0.2, 0.25) is 0 Å². The number of rotatable bonds is 4. The number of aryl methyl sites for hydroxylation is 3. The molecular formula is C43H35IrN3O-2. The van der Waals surface area contributed by atoms with E-state index in [1.54, 1.807) is 36.5 Å². The van der Waals surface area contributed by atoms with Crippen molar-refractivity contribution in [1.82, 2.24) is 15.0 Å². The molecule has 0 spiro atoms. The normalized spacial score (nSPS) is 15.1. The molecule has 0 atom stereocenters. The molecule has 48 heavy (non-hydrogen) atoms. The molecule has 0 aliphatic heterocycles. The molecule has 0 unspecified atom stereocenters. The summed E-state index contributed by atoms with van der Waals surface area (Å²) in [6, 6.07) is 36.9. The number of aromatic nitrogens is 3. The minimum atomic E-state index is -2.65. The summed E-state index contributed by atoms with van der Waals surface area (Å²) in [6.07, 6.45) is 2.78. The van der Waals surface area contributed by atoms with Gasteiger partial charge < -0.3 is 14.4 Å². The fourth-order valence-electron chi connectivity index (χ4n) is 5.42. The van der Waals surface area contributed by atoms with Crippen LogP contribution in [-0.4, -0.2) is 15.0 Å². The summed E-state index contributed by atoms with van der Waals surface area (Å²) in [5.74, 6) is -0.696. The quantitative estimate of drug-likeness (QED) is 0.166. The van der Waals surface area contributed by atoms with E-state index in [1.807, 2.05) is 74.5 Å². The zero-order chi connectivity index (χ0) is 40.9. The van der Waals surface area contributed by atoms with E-state index in [2.05, 4.69) is 22.1 Å². The molecule has 0 N–H and O–H groups in total. The van der Waals surface area contributed by atoms with E-state index in [4.69, 9.17) is 23.1 Å². The Kier molecular flexibility index (Phi) is 6.60. The molecular weight excluding hydrogens is 767 g/mol. The molecule has 4 heterocycles. The van der Waals surface area contributed by atoms with Gasteiger partial charge >= 0.3 is 0 Å². The van der Waals surface area contributed by atoms with Gasteiger partial charge in [-0.3, -0.25) is 0 Å². The first kappa shape index (κ1) is 22.6. The fraction of sp³-hybridized carbons (Fsp3) is 0.140. The first-order valence-electron chi connectivity index (χ1n) is 20.0. The smallest absolute Gasteiger partial charge is 0.140 e. The maximum Gasteiger partial charge on any atom is 0.140 e. The van der Waals surface area contributed by atoms with E-state index in [-0.39, 0.29) is 42.5 Å². The molecule has 0 aliphatic carbocycles. The van der Waals surface area contributed by atoms with Crippen LogP contribution in [0.4, 0.5) is 0 Å². The van der Waals surface area contributed by atoms with Crippen molar-refractivity contribution >= 4 is 33.0 Å². The molecule has 4 aromatic heterocycles. The number of hydrogen-bond donors (Lipinski definition) is 0. The topological polar surface area (TPSA) is 51.8 Å². The van der Waals surface area contributed by atoms with Gasteiger partial charge in [0.2, 0.25) is 0 Å². The Hall–Kier alpha value is -4.96. The van der Waals surface area contributed by atoms with Crippen molar-refractivity contribution in [2.24, 2.45) is 0 Å². The molecule has 0 saturated heterocycles. The molecule has 1 radical (unpaired) electrons. The molecule has 8 rings (SSSR count). The van der Waals surface area contributed by atoms with E-state index in [9.17, 15) is 0 Å². The average Bonchev–Trinajstić information content (AvgIpc) is 3.53. The van der Waals surface area contributed by atoms with Crippen molar-refractivity contribution in [1.29, 1.82) is 0 Å². The number of pyridine rings is 3. The van der Waals surface area contributed by atoms with Gasteiger partial charge in [0.05, 0.1) is 16.6 Å². The standard InChI is InChI=1S/C23H17N2O.C20H18N.Ir/c1-14(2)15-10-11-24-20(12-15)17-7-5-8-18-22-21(26-23(17)18)13-16-6-3-4-9-19(16)25-22;1-14-9-10-18(20-11-15(2)16(3)13-21-20)12-19(14)17-7-5-4-6-8-17;/h3-6,8-14H,1-2H3;4-9,11-13H,1-3H3;/q2*-1;/i14D;1D3,2D3,3D3;. The van der Waals surface area contributed by atoms with Gasteiger partial charge in [0.25, 0.3) is 0 Å². The van der Waals surface area contributed by atoms with Gasteiger partial charge in [-0.25, -0.2) is 4.98 Å². The molecule has 5 heteroatoms. The number of furan rings is 1. The van der Waals surface area contributed by atoms with Gasteiger partial charge in [-0.1, -0.05) is 104 Å². The third-order valence-corrected chi connectivity index (χ3v) is 7.91. The predicted octanol–water partition coefficient (Wildman–Crippen LogP) is 11.3. The van der Waals surface area contributed by atoms with Gasteiger partial charge in [0.1, 0.15) is 5.58 Å². The molecule has 0 aliphatic rings. The SMILES string of the molecule is [2H]C(C)(C)c1ccnc(-c2[c-]ccc3c2oc2cc4ccccc4nc23)c1.[2H]C([2H])([2H])c1c[c-]c(-c2cc(C([2H])([2H])[2H])c(C([2H])([2H])[2H])cn2)cc1-c1ccccc1.[Ir]. The summed E-state index contributed by atoms with van der Waals surface area (Å²) in [7, 11) is 0. The number of nitrogens with zero attached hydrogens (tertiary/aromatic N) is 3. The third kappa shape index (κ3) is 6.57. The third-order valence-electron chi connectivity index (χ3n) is 7.91. The Morgan fingerprint density at radius 1 is 0.792 bits per heavy atom. The second-order valence-corrected chi connectivity index (χ2v) is 11.3. The second-order valence-electron chi connectivity index (χ2n) is 11.3. The predicted molar refractivity (Wildman–Crippen MR) is 193 cm³/mol. The number of hydrogen-bond acceptors (Lipinski definition) is 4. The molecule has 0 saturated carbocycles. The van der Waals surface area contributed by atoms with Crippen molar-refractivity contribution in [2.75, 3.05) is 0 Å². The Labute approximate surface area is 309 Å². The van der Waals surface area contributed by atoms with E-state index in [0.29, 0.717) is 16.7 Å². The first-order chi connectivity index (χ1) is 26.8. The Balaban J connectivity index is 0.000000193. The maximum absolute atomic E-state index is 8.29. The van der Waals surface area contributed by atoms with Crippen molar-refractivity contribution in [3.8, 4) is 33.6 Å². The molecule has 0 bridgehead atoms. The summed E-state index contributed by atoms with van der Waals surface area (Å²) in [5, 5.41) is 1.99. The second kappa shape index (κ2) is 14.0. The van der Waals surface area contributed by atoms with Crippen molar-refractivity contribution < 1.29 is 38.2 Å². The van der Waals surface area contributed by atoms with Gasteiger partial charge in [0.15, 0.2) is 0 Å². The summed E-state index contributed by atoms with van der Waals surface area (Å²) >= 11 is 0. The number of fused-ring (bicyclic) bond motifs is 4. The molecule has 0 amide bonds. The molecule has 0 fully saturated rings. The molecule has 4 aromatic carbocycles. The van der Waals surface area contributed by atoms with Crippen LogP contribution in [0.5, 0.6) is 0 Å². The minimum absolute atomic E-state index is 0. The van der Waals surface area contributed by atoms with Crippen LogP contribution in [0.3, 0.4) is 0 Å². The monoisotopic (exact) mass is 812 g/mol. The van der Waals surface area contributed by atoms with Crippen LogP contribution in [-0.2, 0) is 20.1 Å². The summed E-state index contributed by atoms with van der Waals surface area (Å²) < 4.78 is 83.8. The molecule has 8 aromatic rings. The average molecular weight is 812 g/mol. The number of benzene rings is 4. The Morgan fingerprint density at radius 3 is 2.42 bits per heavy atom. The Morgan fingerprint density at radius 2 is 1.60 bits per heavy atom. The van der Waals surface area contributed by atoms with Crippen molar-refractivity contribution in [3.05, 3.63) is 150 Å². The summed E-state index contributed by atoms with van der Waals surface area (Å²) in [5.41, 5.74) is 6.84. The van der Waals surface area contributed by atoms with E-state index in [1.165, 1.54) is 12.1 Å². The van der Waals surface area contributed by atoms with Crippen molar-refractivity contribution in [3.63, 3.8) is 0 Å². The van der Waals surface area contributed by atoms with Crippen LogP contribution < -0.4 is 0 Å². The fourth-order valence-corrected chi connectivity index (χ4v) is 5.42. The van der Waals surface area contributed by atoms with Crippen LogP contribution >= 0.6 is 0 Å². The largest absolute Gasteiger partial charge is 0.499 e.